The van der Waals surface area contributed by atoms with Crippen molar-refractivity contribution in [1.29, 1.82) is 0 Å². The highest BCUT2D eigenvalue weighted by molar-refractivity contribution is 6.03. The highest BCUT2D eigenvalue weighted by atomic mass is 16.2. The number of aryl methyl sites for hydroxylation is 2. The number of hydrogen-bond acceptors (Lipinski definition) is 4. The lowest BCUT2D eigenvalue weighted by Crippen LogP contribution is -2.49. The minimum Gasteiger partial charge on any atom is -0.301 e. The van der Waals surface area contributed by atoms with Gasteiger partial charge >= 0.3 is 0 Å². The number of hydrogen-bond donors (Lipinski definition) is 0. The normalized spacial score (nSPS) is 20.4. The van der Waals surface area contributed by atoms with Gasteiger partial charge in [0.15, 0.2) is 0 Å². The lowest BCUT2D eigenvalue weighted by Gasteiger charge is -2.34. The number of carbonyl (C=O) groups excluding carboxylic acids is 1. The number of carbonyl (C=O) groups is 1. The molecule has 0 N–H and O–H groups in total. The van der Waals surface area contributed by atoms with Crippen molar-refractivity contribution in [2.45, 2.75) is 33.2 Å². The van der Waals surface area contributed by atoms with E-state index in [1.165, 1.54) is 11.1 Å². The second kappa shape index (κ2) is 9.11. The maximum absolute atomic E-state index is 13.3. The molecule has 158 valence electrons. The third-order valence-corrected chi connectivity index (χ3v) is 6.28. The fraction of sp³-hybridized carbons (Fsp3) is 0.440. The number of amides is 1. The number of likely N-dealkylation sites (N-methyl/N-ethyl adjacent to an activating group) is 1. The van der Waals surface area contributed by atoms with Crippen molar-refractivity contribution < 1.29 is 4.79 Å². The van der Waals surface area contributed by atoms with E-state index in [-0.39, 0.29) is 11.9 Å². The van der Waals surface area contributed by atoms with Gasteiger partial charge in [-0.15, -0.1) is 0 Å². The van der Waals surface area contributed by atoms with E-state index in [1.807, 2.05) is 0 Å². The molecule has 0 bridgehead atoms. The van der Waals surface area contributed by atoms with E-state index in [9.17, 15) is 4.79 Å². The summed E-state index contributed by atoms with van der Waals surface area (Å²) in [7, 11) is 0. The van der Waals surface area contributed by atoms with Crippen molar-refractivity contribution in [2.75, 3.05) is 39.3 Å². The van der Waals surface area contributed by atoms with E-state index in [0.717, 1.165) is 56.0 Å². The van der Waals surface area contributed by atoms with Gasteiger partial charge in [-0.2, -0.15) is 5.10 Å². The summed E-state index contributed by atoms with van der Waals surface area (Å²) in [5.41, 5.74) is 5.69. The first-order valence-corrected chi connectivity index (χ1v) is 11.0. The van der Waals surface area contributed by atoms with Crippen LogP contribution in [0.3, 0.4) is 0 Å². The van der Waals surface area contributed by atoms with Crippen LogP contribution in [0, 0.1) is 13.8 Å². The van der Waals surface area contributed by atoms with Crippen molar-refractivity contribution in [1.82, 2.24) is 14.8 Å². The summed E-state index contributed by atoms with van der Waals surface area (Å²) >= 11 is 0. The van der Waals surface area contributed by atoms with Gasteiger partial charge in [-0.25, -0.2) is 5.01 Å². The van der Waals surface area contributed by atoms with Crippen LogP contribution in [0.25, 0.3) is 0 Å². The number of piperazine rings is 1. The van der Waals surface area contributed by atoms with Crippen LogP contribution >= 0.6 is 0 Å². The molecule has 1 fully saturated rings. The van der Waals surface area contributed by atoms with Gasteiger partial charge in [0.1, 0.15) is 0 Å². The van der Waals surface area contributed by atoms with E-state index in [4.69, 9.17) is 5.10 Å². The fourth-order valence-corrected chi connectivity index (χ4v) is 4.24. The Morgan fingerprint density at radius 3 is 2.07 bits per heavy atom. The minimum absolute atomic E-state index is 0.0358. The molecule has 4 rings (SSSR count). The Morgan fingerprint density at radius 2 is 1.47 bits per heavy atom. The van der Waals surface area contributed by atoms with E-state index >= 15 is 0 Å². The Balaban J connectivity index is 1.54. The Bertz CT molecular complexity index is 896. The van der Waals surface area contributed by atoms with Gasteiger partial charge in [0.25, 0.3) is 5.91 Å². The van der Waals surface area contributed by atoms with Crippen LogP contribution in [0.1, 0.15) is 41.6 Å². The summed E-state index contributed by atoms with van der Waals surface area (Å²) < 4.78 is 0. The summed E-state index contributed by atoms with van der Waals surface area (Å²) in [5, 5.41) is 6.57. The van der Waals surface area contributed by atoms with Gasteiger partial charge in [-0.05, 0) is 31.5 Å². The average Bonchev–Trinajstić information content (AvgIpc) is 3.21. The number of benzene rings is 2. The number of nitrogens with zero attached hydrogens (tertiary/aromatic N) is 4. The smallest absolute Gasteiger partial charge is 0.257 e. The molecule has 0 saturated carbocycles. The summed E-state index contributed by atoms with van der Waals surface area (Å²) in [4.78, 5) is 18.0. The lowest BCUT2D eigenvalue weighted by molar-refractivity contribution is -0.134. The molecule has 30 heavy (non-hydrogen) atoms. The van der Waals surface area contributed by atoms with Gasteiger partial charge in [0, 0.05) is 32.6 Å². The zero-order valence-corrected chi connectivity index (χ0v) is 18.3. The van der Waals surface area contributed by atoms with Gasteiger partial charge in [-0.3, -0.25) is 9.69 Å². The Kier molecular flexibility index (Phi) is 6.30. The molecule has 0 spiro atoms. The highest BCUT2D eigenvalue weighted by Gasteiger charge is 2.34. The van der Waals surface area contributed by atoms with Crippen molar-refractivity contribution >= 4 is 11.6 Å². The quantitative estimate of drug-likeness (QED) is 0.764. The first-order chi connectivity index (χ1) is 14.5. The molecule has 5 heteroatoms. The topological polar surface area (TPSA) is 39.1 Å². The minimum atomic E-state index is -0.0358. The van der Waals surface area contributed by atoms with Crippen molar-refractivity contribution in [3.63, 3.8) is 0 Å². The van der Waals surface area contributed by atoms with Crippen LogP contribution in [-0.4, -0.2) is 65.7 Å². The number of rotatable bonds is 5. The van der Waals surface area contributed by atoms with E-state index in [0.29, 0.717) is 6.54 Å². The van der Waals surface area contributed by atoms with Crippen molar-refractivity contribution in [3.05, 3.63) is 70.8 Å². The Morgan fingerprint density at radius 1 is 0.900 bits per heavy atom. The largest absolute Gasteiger partial charge is 0.301 e. The van der Waals surface area contributed by atoms with Gasteiger partial charge in [0.05, 0.1) is 18.3 Å². The zero-order valence-electron chi connectivity index (χ0n) is 18.3. The molecule has 1 atom stereocenters. The van der Waals surface area contributed by atoms with Crippen molar-refractivity contribution in [3.8, 4) is 0 Å². The van der Waals surface area contributed by atoms with Crippen LogP contribution in [-0.2, 0) is 4.79 Å². The van der Waals surface area contributed by atoms with E-state index in [2.05, 4.69) is 79.1 Å². The highest BCUT2D eigenvalue weighted by Crippen LogP contribution is 2.33. The SMILES string of the molecule is CCN1CCN(CC(=O)N2N=C(c3ccc(C)cc3)C[C@@H]2c2ccc(C)cc2)CC1. The summed E-state index contributed by atoms with van der Waals surface area (Å²) in [5.74, 6) is 0.0904. The molecule has 2 aromatic carbocycles. The first kappa shape index (κ1) is 20.8. The van der Waals surface area contributed by atoms with Crippen LogP contribution in [0.4, 0.5) is 0 Å². The average molecular weight is 405 g/mol. The predicted molar refractivity (Wildman–Crippen MR) is 122 cm³/mol. The van der Waals surface area contributed by atoms with Gasteiger partial charge in [-0.1, -0.05) is 66.6 Å². The Hall–Kier alpha value is -2.50. The molecular weight excluding hydrogens is 372 g/mol. The molecule has 2 aromatic rings. The standard InChI is InChI=1S/C25H32N4O/c1-4-27-13-15-28(16-14-27)18-25(30)29-24(22-11-7-20(3)8-12-22)17-23(26-29)21-9-5-19(2)6-10-21/h5-12,24H,4,13-18H2,1-3H3/t24-/m1/s1. The predicted octanol–water partition coefficient (Wildman–Crippen LogP) is 3.62. The third kappa shape index (κ3) is 4.63. The molecule has 0 aromatic heterocycles. The molecule has 1 saturated heterocycles. The monoisotopic (exact) mass is 404 g/mol. The first-order valence-electron chi connectivity index (χ1n) is 11.0. The maximum Gasteiger partial charge on any atom is 0.257 e. The molecule has 0 unspecified atom stereocenters. The zero-order chi connectivity index (χ0) is 21.1. The maximum atomic E-state index is 13.3. The Labute approximate surface area is 180 Å². The van der Waals surface area contributed by atoms with Crippen LogP contribution in [0.15, 0.2) is 53.6 Å². The second-order valence-electron chi connectivity index (χ2n) is 8.49. The van der Waals surface area contributed by atoms with Gasteiger partial charge < -0.3 is 4.90 Å². The fourth-order valence-electron chi connectivity index (χ4n) is 4.24. The molecular formula is C25H32N4O. The van der Waals surface area contributed by atoms with Crippen molar-refractivity contribution in [2.24, 2.45) is 5.10 Å². The van der Waals surface area contributed by atoms with Crippen LogP contribution in [0.5, 0.6) is 0 Å². The summed E-state index contributed by atoms with van der Waals surface area (Å²) in [6, 6.07) is 16.9. The molecule has 5 nitrogen and oxygen atoms in total. The van der Waals surface area contributed by atoms with E-state index < -0.39 is 0 Å². The van der Waals surface area contributed by atoms with Gasteiger partial charge in [0.2, 0.25) is 0 Å². The second-order valence-corrected chi connectivity index (χ2v) is 8.49. The molecule has 2 aliphatic rings. The molecule has 1 amide bonds. The van der Waals surface area contributed by atoms with Crippen LogP contribution in [0.2, 0.25) is 0 Å². The summed E-state index contributed by atoms with van der Waals surface area (Å²) in [6.45, 7) is 11.8. The van der Waals surface area contributed by atoms with E-state index in [1.54, 1.807) is 5.01 Å². The number of hydrazone groups is 1. The third-order valence-electron chi connectivity index (χ3n) is 6.28. The van der Waals surface area contributed by atoms with Crippen LogP contribution < -0.4 is 0 Å². The molecule has 2 aliphatic heterocycles. The summed E-state index contributed by atoms with van der Waals surface area (Å²) in [6.07, 6.45) is 0.751. The molecule has 0 aliphatic carbocycles. The molecule has 0 radical (unpaired) electrons. The lowest BCUT2D eigenvalue weighted by atomic mass is 9.97. The molecule has 2 heterocycles.